The van der Waals surface area contributed by atoms with E-state index in [4.69, 9.17) is 16.3 Å². The van der Waals surface area contributed by atoms with Gasteiger partial charge in [-0.05, 0) is 69.2 Å². The lowest BCUT2D eigenvalue weighted by atomic mass is 10.2. The Labute approximate surface area is 185 Å². The summed E-state index contributed by atoms with van der Waals surface area (Å²) in [6.07, 6.45) is 0. The van der Waals surface area contributed by atoms with Gasteiger partial charge in [-0.25, -0.2) is 14.8 Å². The molecule has 0 spiro atoms. The molecule has 0 saturated heterocycles. The number of benzene rings is 2. The molecule has 0 amide bonds. The first-order valence-corrected chi connectivity index (χ1v) is 10.4. The number of nitrogens with one attached hydrogen (secondary N) is 1. The van der Waals surface area contributed by atoms with Crippen molar-refractivity contribution in [3.63, 3.8) is 0 Å². The fraction of sp³-hybridized carbons (Fsp3) is 0.208. The van der Waals surface area contributed by atoms with Crippen molar-refractivity contribution in [3.8, 4) is 5.69 Å². The van der Waals surface area contributed by atoms with Gasteiger partial charge < -0.3 is 10.1 Å². The number of fused-ring (bicyclic) bond motifs is 1. The van der Waals surface area contributed by atoms with E-state index in [1.807, 2.05) is 73.9 Å². The van der Waals surface area contributed by atoms with Gasteiger partial charge in [0.1, 0.15) is 5.82 Å². The van der Waals surface area contributed by atoms with Crippen LogP contribution < -0.4 is 5.32 Å². The molecular formula is C24H23ClN4O2. The number of aromatic nitrogens is 3. The zero-order valence-corrected chi connectivity index (χ0v) is 18.6. The van der Waals surface area contributed by atoms with Crippen LogP contribution in [0.4, 0.5) is 11.5 Å². The Morgan fingerprint density at radius 2 is 1.87 bits per heavy atom. The number of halogens is 1. The van der Waals surface area contributed by atoms with Crippen molar-refractivity contribution in [1.29, 1.82) is 0 Å². The van der Waals surface area contributed by atoms with Crippen LogP contribution >= 0.6 is 11.6 Å². The molecule has 0 aliphatic heterocycles. The van der Waals surface area contributed by atoms with Gasteiger partial charge in [-0.1, -0.05) is 29.8 Å². The summed E-state index contributed by atoms with van der Waals surface area (Å²) in [5.74, 6) is -0.00356. The van der Waals surface area contributed by atoms with Crippen LogP contribution in [0.5, 0.6) is 0 Å². The maximum absolute atomic E-state index is 12.5. The van der Waals surface area contributed by atoms with Crippen molar-refractivity contribution in [3.05, 3.63) is 76.2 Å². The molecule has 7 heteroatoms. The predicted octanol–water partition coefficient (Wildman–Crippen LogP) is 5.92. The fourth-order valence-electron chi connectivity index (χ4n) is 3.63. The second-order valence-electron chi connectivity index (χ2n) is 7.34. The number of nitrogens with zero attached hydrogens (tertiary/aromatic N) is 3. The van der Waals surface area contributed by atoms with Crippen molar-refractivity contribution in [1.82, 2.24) is 14.5 Å². The zero-order chi connectivity index (χ0) is 22.1. The normalized spacial score (nSPS) is 11.0. The molecule has 4 aromatic rings. The third kappa shape index (κ3) is 3.99. The van der Waals surface area contributed by atoms with Crippen LogP contribution in [0.2, 0.25) is 5.02 Å². The summed E-state index contributed by atoms with van der Waals surface area (Å²) in [7, 11) is 0. The average molecular weight is 435 g/mol. The van der Waals surface area contributed by atoms with E-state index in [1.165, 1.54) is 0 Å². The van der Waals surface area contributed by atoms with Gasteiger partial charge in [-0.3, -0.25) is 4.57 Å². The highest BCUT2D eigenvalue weighted by molar-refractivity contribution is 6.30. The third-order valence-corrected chi connectivity index (χ3v) is 5.40. The molecule has 0 aliphatic rings. The SMILES string of the molecule is CCOC(=O)c1nc(Nc2cccc(C)c2)c2c(C)c(C)n(-c3cccc(Cl)c3)c2n1. The Morgan fingerprint density at radius 3 is 2.58 bits per heavy atom. The Morgan fingerprint density at radius 1 is 1.10 bits per heavy atom. The molecule has 31 heavy (non-hydrogen) atoms. The molecule has 158 valence electrons. The minimum Gasteiger partial charge on any atom is -0.460 e. The van der Waals surface area contributed by atoms with Gasteiger partial charge in [0.05, 0.1) is 12.0 Å². The van der Waals surface area contributed by atoms with E-state index in [2.05, 4.69) is 15.3 Å². The number of ether oxygens (including phenoxy) is 1. The highest BCUT2D eigenvalue weighted by atomic mass is 35.5. The summed E-state index contributed by atoms with van der Waals surface area (Å²) in [4.78, 5) is 21.7. The number of carbonyl (C=O) groups is 1. The van der Waals surface area contributed by atoms with E-state index in [9.17, 15) is 4.79 Å². The van der Waals surface area contributed by atoms with Crippen molar-refractivity contribution >= 4 is 40.1 Å². The van der Waals surface area contributed by atoms with Crippen molar-refractivity contribution < 1.29 is 9.53 Å². The Bertz CT molecular complexity index is 1300. The fourth-order valence-corrected chi connectivity index (χ4v) is 3.82. The third-order valence-electron chi connectivity index (χ3n) is 5.16. The Hall–Kier alpha value is -3.38. The topological polar surface area (TPSA) is 69.0 Å². The molecule has 4 rings (SSSR count). The number of rotatable bonds is 5. The van der Waals surface area contributed by atoms with Gasteiger partial charge in [0.25, 0.3) is 0 Å². The molecule has 0 fully saturated rings. The van der Waals surface area contributed by atoms with Crippen LogP contribution in [-0.4, -0.2) is 27.1 Å². The van der Waals surface area contributed by atoms with Crippen LogP contribution in [0.25, 0.3) is 16.7 Å². The monoisotopic (exact) mass is 434 g/mol. The molecule has 0 saturated carbocycles. The molecular weight excluding hydrogens is 412 g/mol. The zero-order valence-electron chi connectivity index (χ0n) is 17.9. The number of hydrogen-bond acceptors (Lipinski definition) is 5. The van der Waals surface area contributed by atoms with Gasteiger partial charge in [-0.15, -0.1) is 0 Å². The van der Waals surface area contributed by atoms with E-state index in [0.29, 0.717) is 16.5 Å². The summed E-state index contributed by atoms with van der Waals surface area (Å²) in [6.45, 7) is 8.06. The van der Waals surface area contributed by atoms with E-state index in [1.54, 1.807) is 6.92 Å². The molecule has 2 heterocycles. The molecule has 0 bridgehead atoms. The van der Waals surface area contributed by atoms with Crippen LogP contribution in [0, 0.1) is 20.8 Å². The number of hydrogen-bond donors (Lipinski definition) is 1. The van der Waals surface area contributed by atoms with E-state index in [0.717, 1.165) is 33.6 Å². The molecule has 2 aromatic carbocycles. The van der Waals surface area contributed by atoms with Gasteiger partial charge in [-0.2, -0.15) is 0 Å². The highest BCUT2D eigenvalue weighted by Gasteiger charge is 2.22. The number of carbonyl (C=O) groups excluding carboxylic acids is 1. The maximum Gasteiger partial charge on any atom is 0.376 e. The van der Waals surface area contributed by atoms with Gasteiger partial charge in [0.2, 0.25) is 5.82 Å². The van der Waals surface area contributed by atoms with Crippen molar-refractivity contribution in [2.24, 2.45) is 0 Å². The minimum absolute atomic E-state index is 0.00489. The second-order valence-corrected chi connectivity index (χ2v) is 7.77. The van der Waals surface area contributed by atoms with Crippen LogP contribution in [0.1, 0.15) is 34.4 Å². The Balaban J connectivity index is 1.99. The summed E-state index contributed by atoms with van der Waals surface area (Å²) in [5, 5.41) is 4.83. The Kier molecular flexibility index (Phi) is 5.65. The summed E-state index contributed by atoms with van der Waals surface area (Å²) in [5.41, 5.74) is 5.47. The first kappa shape index (κ1) is 20.9. The molecule has 0 radical (unpaired) electrons. The van der Waals surface area contributed by atoms with E-state index in [-0.39, 0.29) is 12.4 Å². The molecule has 2 aromatic heterocycles. The number of aryl methyl sites for hydroxylation is 2. The van der Waals surface area contributed by atoms with E-state index >= 15 is 0 Å². The maximum atomic E-state index is 12.5. The first-order chi connectivity index (χ1) is 14.9. The molecule has 6 nitrogen and oxygen atoms in total. The minimum atomic E-state index is -0.564. The van der Waals surface area contributed by atoms with Crippen molar-refractivity contribution in [2.75, 3.05) is 11.9 Å². The average Bonchev–Trinajstić information content (AvgIpc) is 2.98. The standard InChI is InChI=1S/C24H23ClN4O2/c1-5-31-24(30)22-27-21(26-18-10-6-8-14(2)12-18)20-15(3)16(4)29(23(20)28-22)19-11-7-9-17(25)13-19/h6-13H,5H2,1-4H3,(H,26,27,28). The predicted molar refractivity (Wildman–Crippen MR) is 124 cm³/mol. The van der Waals surface area contributed by atoms with Gasteiger partial charge >= 0.3 is 5.97 Å². The molecule has 0 aliphatic carbocycles. The molecule has 0 atom stereocenters. The lowest BCUT2D eigenvalue weighted by molar-refractivity contribution is 0.0512. The number of anilines is 2. The number of esters is 1. The summed E-state index contributed by atoms with van der Waals surface area (Å²) >= 11 is 6.25. The highest BCUT2D eigenvalue weighted by Crippen LogP contribution is 2.34. The summed E-state index contributed by atoms with van der Waals surface area (Å²) < 4.78 is 7.17. The van der Waals surface area contributed by atoms with Crippen LogP contribution in [0.3, 0.4) is 0 Å². The largest absolute Gasteiger partial charge is 0.460 e. The van der Waals surface area contributed by atoms with Crippen LogP contribution in [-0.2, 0) is 4.74 Å². The van der Waals surface area contributed by atoms with Gasteiger partial charge in [0, 0.05) is 22.1 Å². The summed E-state index contributed by atoms with van der Waals surface area (Å²) in [6, 6.07) is 15.5. The molecule has 0 unspecified atom stereocenters. The lowest BCUT2D eigenvalue weighted by Gasteiger charge is -2.12. The van der Waals surface area contributed by atoms with Crippen LogP contribution in [0.15, 0.2) is 48.5 Å². The smallest absolute Gasteiger partial charge is 0.376 e. The van der Waals surface area contributed by atoms with Crippen molar-refractivity contribution in [2.45, 2.75) is 27.7 Å². The second kappa shape index (κ2) is 8.40. The van der Waals surface area contributed by atoms with Gasteiger partial charge in [0.15, 0.2) is 5.65 Å². The van der Waals surface area contributed by atoms with E-state index < -0.39 is 5.97 Å². The lowest BCUT2D eigenvalue weighted by Crippen LogP contribution is -2.12. The first-order valence-electron chi connectivity index (χ1n) is 10.1. The molecule has 1 N–H and O–H groups in total. The quantitative estimate of drug-likeness (QED) is 0.395.